The number of carbonyl (C=O) groups is 5. The topological polar surface area (TPSA) is 165 Å². The third-order valence-electron chi connectivity index (χ3n) is 8.83. The number of benzene rings is 2. The number of amides is 5. The van der Waals surface area contributed by atoms with Crippen molar-refractivity contribution in [2.45, 2.75) is 96.5 Å². The summed E-state index contributed by atoms with van der Waals surface area (Å²) in [6.45, 7) is 13.5. The molecule has 4 atom stereocenters. The predicted octanol–water partition coefficient (Wildman–Crippen LogP) is 4.92. The largest absolute Gasteiger partial charge is 0.471 e. The van der Waals surface area contributed by atoms with Gasteiger partial charge in [-0.05, 0) is 41.5 Å². The summed E-state index contributed by atoms with van der Waals surface area (Å²) in [4.78, 5) is 67.1. The maximum atomic E-state index is 14.2. The smallest absolute Gasteiger partial charge is 0.465 e. The zero-order valence-electron chi connectivity index (χ0n) is 31.6. The Morgan fingerprint density at radius 1 is 0.887 bits per heavy atom. The second-order valence-corrected chi connectivity index (χ2v) is 16.0. The quantitative estimate of drug-likeness (QED) is 0.198. The number of hydrogen-bond acceptors (Lipinski definition) is 6. The number of nitrogens with one attached hydrogen (secondary N) is 3. The Morgan fingerprint density at radius 2 is 1.43 bits per heavy atom. The van der Waals surface area contributed by atoms with Crippen molar-refractivity contribution in [2.75, 3.05) is 14.1 Å². The van der Waals surface area contributed by atoms with E-state index in [9.17, 15) is 46.5 Å². The van der Waals surface area contributed by atoms with E-state index in [4.69, 9.17) is 0 Å². The maximum Gasteiger partial charge on any atom is 0.471 e. The molecule has 0 fully saturated rings. The molecule has 2 rings (SSSR count). The number of carbonyl (C=O) groups excluding carboxylic acids is 4. The molecule has 0 aliphatic carbocycles. The lowest BCUT2D eigenvalue weighted by atomic mass is 9.76. The van der Waals surface area contributed by atoms with Crippen LogP contribution in [0.1, 0.15) is 66.5 Å². The van der Waals surface area contributed by atoms with E-state index < -0.39 is 82.4 Å². The fourth-order valence-corrected chi connectivity index (χ4v) is 6.50. The van der Waals surface area contributed by atoms with Gasteiger partial charge in [0.2, 0.25) is 11.8 Å². The molecule has 0 aliphatic rings. The average molecular weight is 766 g/mol. The lowest BCUT2D eigenvalue weighted by Crippen LogP contribution is -2.62. The third kappa shape index (κ3) is 11.9. The van der Waals surface area contributed by atoms with Gasteiger partial charge in [-0.15, -0.1) is 0 Å². The van der Waals surface area contributed by atoms with Crippen LogP contribution in [-0.2, 0) is 42.1 Å². The fourth-order valence-electron chi connectivity index (χ4n) is 5.66. The van der Waals surface area contributed by atoms with E-state index in [1.54, 1.807) is 70.3 Å². The highest BCUT2D eigenvalue weighted by Crippen LogP contribution is 2.32. The summed E-state index contributed by atoms with van der Waals surface area (Å²) in [6.07, 6.45) is -4.80. The minimum absolute atomic E-state index is 0.132. The number of rotatable bonds is 14. The molecule has 4 N–H and O–H groups in total. The molecule has 12 nitrogen and oxygen atoms in total. The van der Waals surface area contributed by atoms with Crippen molar-refractivity contribution in [3.05, 3.63) is 77.4 Å². The standard InChI is InChI=1S/C37H50F3N5O7S/c1-22(2)27(20-23(3)30(46)43-53(52)26-18-16-24(17-19-26)21-41-33(49)37(38,39)40)44(9)32(48)28(35(4,5)6)42-31(47)29(45(10)34(50)51)36(7,8)25-14-12-11-13-15-25/h11-20,22,27-29H,21H2,1-10H3,(H,41,49)(H,42,47)(H,43,46)(H,50,51)/b23-20+/t27-,28-,29-,53?/m1/s1. The van der Waals surface area contributed by atoms with Gasteiger partial charge in [-0.2, -0.15) is 13.2 Å². The molecule has 1 unspecified atom stereocenters. The Kier molecular flexibility index (Phi) is 15.0. The van der Waals surface area contributed by atoms with Crippen LogP contribution in [0.2, 0.25) is 0 Å². The van der Waals surface area contributed by atoms with Crippen LogP contribution in [0.3, 0.4) is 0 Å². The highest BCUT2D eigenvalue weighted by atomic mass is 32.2. The Hall–Kier alpha value is -4.73. The predicted molar refractivity (Wildman–Crippen MR) is 194 cm³/mol. The van der Waals surface area contributed by atoms with E-state index in [0.717, 1.165) is 10.5 Å². The van der Waals surface area contributed by atoms with Gasteiger partial charge < -0.3 is 20.6 Å². The SMILES string of the molecule is C/C(=C\[C@H](C(C)C)N(C)C(=O)[C@@H](NC(=O)[C@@H](N(C)C(=O)O)C(C)(C)c1ccccc1)C(C)(C)C)C(=O)NS(=O)c1ccc(CNC(=O)C(F)(F)F)cc1. The molecule has 2 aromatic rings. The van der Waals surface area contributed by atoms with Gasteiger partial charge in [0.15, 0.2) is 11.0 Å². The van der Waals surface area contributed by atoms with Gasteiger partial charge in [-0.25, -0.2) is 9.00 Å². The van der Waals surface area contributed by atoms with Crippen LogP contribution in [0.15, 0.2) is 71.1 Å². The van der Waals surface area contributed by atoms with E-state index in [1.807, 2.05) is 19.9 Å². The number of halogens is 3. The summed E-state index contributed by atoms with van der Waals surface area (Å²) in [6, 6.07) is 11.4. The Labute approximate surface area is 311 Å². The van der Waals surface area contributed by atoms with Gasteiger partial charge >= 0.3 is 18.2 Å². The minimum Gasteiger partial charge on any atom is -0.465 e. The molecule has 292 valence electrons. The summed E-state index contributed by atoms with van der Waals surface area (Å²) in [5.41, 5.74) is -0.673. The molecule has 0 saturated heterocycles. The van der Waals surface area contributed by atoms with Crippen molar-refractivity contribution in [3.63, 3.8) is 0 Å². The zero-order valence-corrected chi connectivity index (χ0v) is 32.4. The average Bonchev–Trinajstić information content (AvgIpc) is 3.07. The van der Waals surface area contributed by atoms with Gasteiger partial charge in [-0.1, -0.05) is 97.0 Å². The van der Waals surface area contributed by atoms with E-state index in [0.29, 0.717) is 5.56 Å². The van der Waals surface area contributed by atoms with Crippen molar-refractivity contribution < 1.29 is 46.5 Å². The first kappa shape index (κ1) is 44.4. The van der Waals surface area contributed by atoms with Crippen LogP contribution in [0.4, 0.5) is 18.0 Å². The van der Waals surface area contributed by atoms with E-state index in [-0.39, 0.29) is 16.4 Å². The lowest BCUT2D eigenvalue weighted by Gasteiger charge is -2.41. The fraction of sp³-hybridized carbons (Fsp3) is 0.486. The molecule has 0 aromatic heterocycles. The summed E-state index contributed by atoms with van der Waals surface area (Å²) >= 11 is 0. The maximum absolute atomic E-state index is 14.2. The molecule has 0 heterocycles. The molecular formula is C37H50F3N5O7S. The summed E-state index contributed by atoms with van der Waals surface area (Å²) in [7, 11) is 0.780. The molecule has 0 aliphatic heterocycles. The van der Waals surface area contributed by atoms with Crippen molar-refractivity contribution in [3.8, 4) is 0 Å². The lowest BCUT2D eigenvalue weighted by molar-refractivity contribution is -0.173. The van der Waals surface area contributed by atoms with Gasteiger partial charge in [0, 0.05) is 31.6 Å². The molecule has 53 heavy (non-hydrogen) atoms. The molecule has 2 aromatic carbocycles. The first-order valence-corrected chi connectivity index (χ1v) is 17.9. The highest BCUT2D eigenvalue weighted by molar-refractivity contribution is 7.83. The second-order valence-electron chi connectivity index (χ2n) is 14.7. The third-order valence-corrected chi connectivity index (χ3v) is 9.90. The normalized spacial score (nSPS) is 14.7. The molecule has 5 amide bonds. The first-order valence-electron chi connectivity index (χ1n) is 16.7. The van der Waals surface area contributed by atoms with E-state index >= 15 is 0 Å². The zero-order chi connectivity index (χ0) is 40.6. The number of likely N-dealkylation sites (N-methyl/N-ethyl adjacent to an activating group) is 2. The van der Waals surface area contributed by atoms with Gasteiger partial charge in [0.25, 0.3) is 5.91 Å². The van der Waals surface area contributed by atoms with E-state index in [1.165, 1.54) is 50.2 Å². The number of alkyl halides is 3. The van der Waals surface area contributed by atoms with Crippen LogP contribution in [-0.4, -0.2) is 87.2 Å². The van der Waals surface area contributed by atoms with Crippen molar-refractivity contribution >= 4 is 40.7 Å². The van der Waals surface area contributed by atoms with Crippen molar-refractivity contribution in [1.82, 2.24) is 25.2 Å². The van der Waals surface area contributed by atoms with Gasteiger partial charge in [0.1, 0.15) is 12.1 Å². The molecule has 0 saturated carbocycles. The Balaban J connectivity index is 2.29. The van der Waals surface area contributed by atoms with Crippen LogP contribution in [0, 0.1) is 11.3 Å². The highest BCUT2D eigenvalue weighted by Gasteiger charge is 2.45. The summed E-state index contributed by atoms with van der Waals surface area (Å²) in [5, 5.41) is 14.5. The van der Waals surface area contributed by atoms with Crippen molar-refractivity contribution in [2.24, 2.45) is 11.3 Å². The first-order chi connectivity index (χ1) is 24.3. The van der Waals surface area contributed by atoms with Crippen molar-refractivity contribution in [1.29, 1.82) is 0 Å². The molecule has 0 bridgehead atoms. The van der Waals surface area contributed by atoms with E-state index in [2.05, 4.69) is 10.0 Å². The second kappa shape index (κ2) is 17.9. The number of carboxylic acid groups (broad SMARTS) is 1. The monoisotopic (exact) mass is 765 g/mol. The number of hydrogen-bond donors (Lipinski definition) is 4. The molecule has 0 spiro atoms. The molecule has 16 heteroatoms. The van der Waals surface area contributed by atoms with Gasteiger partial charge in [0.05, 0.1) is 10.9 Å². The van der Waals surface area contributed by atoms with Crippen LogP contribution >= 0.6 is 0 Å². The Bertz CT molecular complexity index is 1690. The van der Waals surface area contributed by atoms with Gasteiger partial charge in [-0.3, -0.25) is 28.8 Å². The van der Waals surface area contributed by atoms with Crippen LogP contribution < -0.4 is 15.4 Å². The van der Waals surface area contributed by atoms with Crippen LogP contribution in [0.5, 0.6) is 0 Å². The van der Waals surface area contributed by atoms with Crippen LogP contribution in [0.25, 0.3) is 0 Å². The minimum atomic E-state index is -5.03. The summed E-state index contributed by atoms with van der Waals surface area (Å²) in [5.74, 6) is -4.19. The molecule has 0 radical (unpaired) electrons. The number of nitrogens with zero attached hydrogens (tertiary/aromatic N) is 2. The summed E-state index contributed by atoms with van der Waals surface area (Å²) < 4.78 is 52.6. The molecular weight excluding hydrogens is 715 g/mol. The Morgan fingerprint density at radius 3 is 1.91 bits per heavy atom.